The molecule has 1 unspecified atom stereocenters. The van der Waals surface area contributed by atoms with Crippen LogP contribution >= 0.6 is 0 Å². The fourth-order valence-electron chi connectivity index (χ4n) is 2.24. The number of hydrogen-bond acceptors (Lipinski definition) is 3. The van der Waals surface area contributed by atoms with E-state index in [9.17, 15) is 4.79 Å². The molecule has 2 aromatic rings. The molecule has 5 nitrogen and oxygen atoms in total. The van der Waals surface area contributed by atoms with Crippen molar-refractivity contribution >= 4 is 11.6 Å². The largest absolute Gasteiger partial charge is 0.324 e. The summed E-state index contributed by atoms with van der Waals surface area (Å²) in [6, 6.07) is 5.67. The fraction of sp³-hybridized carbons (Fsp3) is 0.231. The van der Waals surface area contributed by atoms with Crippen LogP contribution in [-0.4, -0.2) is 16.1 Å². The molecule has 1 aromatic carbocycles. The number of nitrogens with zero attached hydrogens (tertiary/aromatic N) is 1. The third kappa shape index (κ3) is 1.78. The summed E-state index contributed by atoms with van der Waals surface area (Å²) in [5, 5.41) is 12.8. The Bertz CT molecular complexity index is 577. The van der Waals surface area contributed by atoms with Gasteiger partial charge in [0.05, 0.1) is 6.20 Å². The maximum Gasteiger partial charge on any atom is 0.246 e. The van der Waals surface area contributed by atoms with E-state index >= 15 is 0 Å². The second kappa shape index (κ2) is 4.27. The second-order valence-corrected chi connectivity index (χ2v) is 4.45. The molecule has 0 radical (unpaired) electrons. The van der Waals surface area contributed by atoms with Crippen LogP contribution in [0.25, 0.3) is 0 Å². The van der Waals surface area contributed by atoms with Crippen molar-refractivity contribution in [1.82, 2.24) is 15.5 Å². The maximum absolute atomic E-state index is 11.9. The lowest BCUT2D eigenvalue weighted by molar-refractivity contribution is -0.117. The SMILES string of the molecule is Cc1cccc2c1NC(=O)C2NCc1cn[nH]c1. The summed E-state index contributed by atoms with van der Waals surface area (Å²) in [7, 11) is 0. The smallest absolute Gasteiger partial charge is 0.246 e. The highest BCUT2D eigenvalue weighted by Gasteiger charge is 2.30. The zero-order chi connectivity index (χ0) is 12.5. The van der Waals surface area contributed by atoms with E-state index in [0.717, 1.165) is 22.4 Å². The van der Waals surface area contributed by atoms with Gasteiger partial charge in [0.1, 0.15) is 6.04 Å². The molecule has 0 saturated heterocycles. The van der Waals surface area contributed by atoms with Gasteiger partial charge in [-0.3, -0.25) is 15.2 Å². The molecule has 0 bridgehead atoms. The molecular weight excluding hydrogens is 228 g/mol. The third-order valence-electron chi connectivity index (χ3n) is 3.19. The predicted molar refractivity (Wildman–Crippen MR) is 68.0 cm³/mol. The monoisotopic (exact) mass is 242 g/mol. The van der Waals surface area contributed by atoms with Crippen LogP contribution in [0.5, 0.6) is 0 Å². The number of carbonyl (C=O) groups excluding carboxylic acids is 1. The lowest BCUT2D eigenvalue weighted by Gasteiger charge is -2.10. The molecule has 1 aliphatic rings. The Morgan fingerprint density at radius 3 is 3.11 bits per heavy atom. The molecule has 0 aliphatic carbocycles. The Morgan fingerprint density at radius 1 is 1.44 bits per heavy atom. The highest BCUT2D eigenvalue weighted by atomic mass is 16.2. The van der Waals surface area contributed by atoms with Crippen LogP contribution in [-0.2, 0) is 11.3 Å². The van der Waals surface area contributed by atoms with Crippen LogP contribution in [0.3, 0.4) is 0 Å². The van der Waals surface area contributed by atoms with Crippen LogP contribution in [0.1, 0.15) is 22.7 Å². The molecular formula is C13H14N4O. The Labute approximate surface area is 105 Å². The van der Waals surface area contributed by atoms with E-state index in [4.69, 9.17) is 0 Å². The summed E-state index contributed by atoms with van der Waals surface area (Å²) in [5.74, 6) is 0.00259. The van der Waals surface area contributed by atoms with Gasteiger partial charge >= 0.3 is 0 Å². The topological polar surface area (TPSA) is 69.8 Å². The fourth-order valence-corrected chi connectivity index (χ4v) is 2.24. The number of nitrogens with one attached hydrogen (secondary N) is 3. The first-order valence-corrected chi connectivity index (χ1v) is 5.87. The van der Waals surface area contributed by atoms with Crippen molar-refractivity contribution in [2.24, 2.45) is 0 Å². The minimum absolute atomic E-state index is 0.00259. The van der Waals surface area contributed by atoms with Crippen molar-refractivity contribution < 1.29 is 4.79 Å². The van der Waals surface area contributed by atoms with E-state index in [-0.39, 0.29) is 11.9 Å². The number of H-pyrrole nitrogens is 1. The highest BCUT2D eigenvalue weighted by Crippen LogP contribution is 2.33. The van der Waals surface area contributed by atoms with E-state index in [1.54, 1.807) is 6.20 Å². The summed E-state index contributed by atoms with van der Waals surface area (Å²) in [4.78, 5) is 11.9. The molecule has 5 heteroatoms. The standard InChI is InChI=1S/C13H14N4O/c1-8-3-2-4-10-11(8)17-13(18)12(10)14-5-9-6-15-16-7-9/h2-4,6-7,12,14H,5H2,1H3,(H,15,16)(H,17,18). The molecule has 3 N–H and O–H groups in total. The number of carbonyl (C=O) groups is 1. The molecule has 1 amide bonds. The summed E-state index contributed by atoms with van der Waals surface area (Å²) in [6.07, 6.45) is 3.56. The van der Waals surface area contributed by atoms with Gasteiger partial charge in [0, 0.05) is 29.6 Å². The number of rotatable bonds is 3. The molecule has 2 heterocycles. The molecule has 18 heavy (non-hydrogen) atoms. The van der Waals surface area contributed by atoms with E-state index in [1.807, 2.05) is 31.3 Å². The number of benzene rings is 1. The van der Waals surface area contributed by atoms with Gasteiger partial charge < -0.3 is 5.32 Å². The first-order chi connectivity index (χ1) is 8.75. The lowest BCUT2D eigenvalue weighted by Crippen LogP contribution is -2.26. The van der Waals surface area contributed by atoms with Crippen LogP contribution in [0, 0.1) is 6.92 Å². The number of aromatic nitrogens is 2. The lowest BCUT2D eigenvalue weighted by atomic mass is 10.1. The minimum atomic E-state index is -0.283. The van der Waals surface area contributed by atoms with Gasteiger partial charge in [-0.2, -0.15) is 5.10 Å². The Balaban J connectivity index is 1.81. The van der Waals surface area contributed by atoms with Crippen LogP contribution in [0.15, 0.2) is 30.6 Å². The molecule has 3 rings (SSSR count). The predicted octanol–water partition coefficient (Wildman–Crippen LogP) is 1.50. The normalized spacial score (nSPS) is 17.6. The van der Waals surface area contributed by atoms with Crippen LogP contribution in [0.4, 0.5) is 5.69 Å². The molecule has 0 fully saturated rings. The molecule has 1 aromatic heterocycles. The summed E-state index contributed by atoms with van der Waals surface area (Å²) >= 11 is 0. The zero-order valence-corrected chi connectivity index (χ0v) is 10.0. The average Bonchev–Trinajstić information content (AvgIpc) is 2.95. The third-order valence-corrected chi connectivity index (χ3v) is 3.19. The molecule has 1 atom stereocenters. The number of para-hydroxylation sites is 1. The van der Waals surface area contributed by atoms with Gasteiger partial charge in [0.15, 0.2) is 0 Å². The van der Waals surface area contributed by atoms with Crippen LogP contribution < -0.4 is 10.6 Å². The van der Waals surface area contributed by atoms with E-state index in [2.05, 4.69) is 20.8 Å². The Kier molecular flexibility index (Phi) is 2.60. The number of aryl methyl sites for hydroxylation is 1. The van der Waals surface area contributed by atoms with E-state index in [1.165, 1.54) is 0 Å². The number of aromatic amines is 1. The maximum atomic E-state index is 11.9. The summed E-state index contributed by atoms with van der Waals surface area (Å²) in [6.45, 7) is 2.61. The van der Waals surface area contributed by atoms with Crippen molar-refractivity contribution in [2.45, 2.75) is 19.5 Å². The Morgan fingerprint density at radius 2 is 2.33 bits per heavy atom. The van der Waals surface area contributed by atoms with Gasteiger partial charge in [-0.05, 0) is 12.5 Å². The van der Waals surface area contributed by atoms with Crippen LogP contribution in [0.2, 0.25) is 0 Å². The van der Waals surface area contributed by atoms with Crippen molar-refractivity contribution in [3.05, 3.63) is 47.3 Å². The summed E-state index contributed by atoms with van der Waals surface area (Å²) < 4.78 is 0. The van der Waals surface area contributed by atoms with Gasteiger partial charge in [-0.25, -0.2) is 0 Å². The van der Waals surface area contributed by atoms with E-state index in [0.29, 0.717) is 6.54 Å². The Hall–Kier alpha value is -2.14. The first kappa shape index (κ1) is 11.0. The first-order valence-electron chi connectivity index (χ1n) is 5.87. The molecule has 1 aliphatic heterocycles. The minimum Gasteiger partial charge on any atom is -0.324 e. The second-order valence-electron chi connectivity index (χ2n) is 4.45. The van der Waals surface area contributed by atoms with Crippen molar-refractivity contribution in [1.29, 1.82) is 0 Å². The zero-order valence-electron chi connectivity index (χ0n) is 10.0. The van der Waals surface area contributed by atoms with Crippen molar-refractivity contribution in [3.8, 4) is 0 Å². The average molecular weight is 242 g/mol. The number of anilines is 1. The molecule has 0 saturated carbocycles. The molecule has 92 valence electrons. The number of amides is 1. The quantitative estimate of drug-likeness (QED) is 0.764. The van der Waals surface area contributed by atoms with Crippen molar-refractivity contribution in [2.75, 3.05) is 5.32 Å². The number of hydrogen-bond donors (Lipinski definition) is 3. The van der Waals surface area contributed by atoms with E-state index < -0.39 is 0 Å². The molecule has 0 spiro atoms. The number of fused-ring (bicyclic) bond motifs is 1. The van der Waals surface area contributed by atoms with Gasteiger partial charge in [0.25, 0.3) is 0 Å². The summed E-state index contributed by atoms with van der Waals surface area (Å²) in [5.41, 5.74) is 4.08. The van der Waals surface area contributed by atoms with Gasteiger partial charge in [0.2, 0.25) is 5.91 Å². The van der Waals surface area contributed by atoms with Gasteiger partial charge in [-0.1, -0.05) is 18.2 Å². The van der Waals surface area contributed by atoms with Crippen molar-refractivity contribution in [3.63, 3.8) is 0 Å². The van der Waals surface area contributed by atoms with Gasteiger partial charge in [-0.15, -0.1) is 0 Å². The highest BCUT2D eigenvalue weighted by molar-refractivity contribution is 6.03.